The van der Waals surface area contributed by atoms with E-state index in [0.29, 0.717) is 109 Å². The van der Waals surface area contributed by atoms with Crippen molar-refractivity contribution in [1.29, 1.82) is 0 Å². The van der Waals surface area contributed by atoms with E-state index in [2.05, 4.69) is 41.2 Å². The first-order chi connectivity index (χ1) is 34.3. The van der Waals surface area contributed by atoms with E-state index in [-0.39, 0.29) is 35.1 Å². The van der Waals surface area contributed by atoms with Gasteiger partial charge in [-0.1, -0.05) is 38.8 Å². The van der Waals surface area contributed by atoms with Crippen molar-refractivity contribution in [2.75, 3.05) is 77.6 Å². The normalized spacial score (nSPS) is 17.7. The molecule has 0 unspecified atom stereocenters. The van der Waals surface area contributed by atoms with Crippen LogP contribution in [-0.2, 0) is 9.47 Å². The first kappa shape index (κ1) is 49.2. The van der Waals surface area contributed by atoms with Crippen LogP contribution in [-0.4, -0.2) is 98.7 Å². The molecule has 0 saturated carbocycles. The fourth-order valence-corrected chi connectivity index (χ4v) is 9.20. The fraction of sp³-hybridized carbons (Fsp3) is 0.385. The highest BCUT2D eigenvalue weighted by molar-refractivity contribution is 6.08. The maximum Gasteiger partial charge on any atom is 0.255 e. The van der Waals surface area contributed by atoms with Crippen molar-refractivity contribution in [3.8, 4) is 45.5 Å². The minimum absolute atomic E-state index is 0.0745. The second-order valence-electron chi connectivity index (χ2n) is 16.7. The number of rotatable bonds is 6. The molecule has 2 amide bonds. The van der Waals surface area contributed by atoms with Crippen molar-refractivity contribution in [3.05, 3.63) is 107 Å². The zero-order valence-electron chi connectivity index (χ0n) is 39.9. The highest BCUT2D eigenvalue weighted by Crippen LogP contribution is 2.46. The van der Waals surface area contributed by atoms with E-state index in [0.717, 1.165) is 61.0 Å². The van der Waals surface area contributed by atoms with E-state index in [1.54, 1.807) is 49.1 Å². The molecular formula is C52H60F2N8O8. The van der Waals surface area contributed by atoms with Gasteiger partial charge in [0, 0.05) is 73.0 Å². The Morgan fingerprint density at radius 2 is 1.04 bits per heavy atom. The third-order valence-corrected chi connectivity index (χ3v) is 12.5. The van der Waals surface area contributed by atoms with Crippen molar-refractivity contribution in [2.24, 2.45) is 0 Å². The fourth-order valence-electron chi connectivity index (χ4n) is 9.20. The molecule has 0 spiro atoms. The van der Waals surface area contributed by atoms with Crippen LogP contribution in [0.25, 0.3) is 22.5 Å². The number of halogens is 2. The van der Waals surface area contributed by atoms with Crippen LogP contribution < -0.4 is 40.2 Å². The summed E-state index contributed by atoms with van der Waals surface area (Å²) in [7, 11) is 2.83. The third-order valence-electron chi connectivity index (χ3n) is 12.5. The van der Waals surface area contributed by atoms with E-state index >= 15 is 0 Å². The second-order valence-corrected chi connectivity index (χ2v) is 16.7. The number of para-hydroxylation sites is 2. The Bertz CT molecular complexity index is 2580. The van der Waals surface area contributed by atoms with Gasteiger partial charge in [0.05, 0.1) is 85.1 Å². The van der Waals surface area contributed by atoms with Gasteiger partial charge in [0.1, 0.15) is 24.7 Å². The number of amides is 2. The number of nitrogens with zero attached hydrogens (tertiary/aromatic N) is 2. The van der Waals surface area contributed by atoms with E-state index < -0.39 is 11.6 Å². The van der Waals surface area contributed by atoms with Gasteiger partial charge in [0.25, 0.3) is 11.8 Å². The number of fused-ring (bicyclic) bond motifs is 6. The number of methoxy groups -OCH3 is 2. The Balaban J connectivity index is 0.000000182. The van der Waals surface area contributed by atoms with Crippen LogP contribution in [0, 0.1) is 11.6 Å². The maximum atomic E-state index is 14.4. The molecule has 8 heterocycles. The summed E-state index contributed by atoms with van der Waals surface area (Å²) >= 11 is 0. The van der Waals surface area contributed by atoms with Crippen LogP contribution in [0.15, 0.2) is 73.3 Å². The number of benzene rings is 2. The highest BCUT2D eigenvalue weighted by Gasteiger charge is 2.35. The number of nitrogens with one attached hydrogen (secondary N) is 6. The minimum Gasteiger partial charge on any atom is -0.492 e. The lowest BCUT2D eigenvalue weighted by Gasteiger charge is -2.24. The van der Waals surface area contributed by atoms with Crippen LogP contribution in [0.5, 0.6) is 23.0 Å². The van der Waals surface area contributed by atoms with Crippen LogP contribution >= 0.6 is 0 Å². The molecule has 18 heteroatoms. The second kappa shape index (κ2) is 23.4. The topological polar surface area (TPSA) is 195 Å². The number of hydrogen-bond donors (Lipinski definition) is 6. The molecular weight excluding hydrogens is 903 g/mol. The molecule has 0 saturated heterocycles. The van der Waals surface area contributed by atoms with Gasteiger partial charge < -0.3 is 59.7 Å². The SMILES string of the molecule is CC.COc1c(F)cccc1Nc1c2[nH]c3c1C(=O)NC[C@@H]3CCCCOCCOc1cnccc1-2.COc1c(F)cccc1Nc1c2[nH]c3c1C(=O)NC[C@H]3CCCCOCCOc1cnccc1-2. The molecule has 4 aliphatic heterocycles. The summed E-state index contributed by atoms with van der Waals surface area (Å²) in [6.45, 7) is 8.14. The largest absolute Gasteiger partial charge is 0.492 e. The molecule has 16 nitrogen and oxygen atoms in total. The molecule has 0 radical (unpaired) electrons. The average molecular weight is 963 g/mol. The van der Waals surface area contributed by atoms with Crippen LogP contribution in [0.1, 0.15) is 96.3 Å². The summed E-state index contributed by atoms with van der Waals surface area (Å²) in [5.41, 5.74) is 7.52. The molecule has 10 rings (SSSR count). The summed E-state index contributed by atoms with van der Waals surface area (Å²) < 4.78 is 62.9. The van der Waals surface area contributed by atoms with Crippen molar-refractivity contribution in [2.45, 2.75) is 64.2 Å². The predicted octanol–water partition coefficient (Wildman–Crippen LogP) is 9.77. The van der Waals surface area contributed by atoms with Crippen molar-refractivity contribution in [3.63, 3.8) is 0 Å². The third kappa shape index (κ3) is 10.7. The van der Waals surface area contributed by atoms with Crippen LogP contribution in [0.2, 0.25) is 0 Å². The number of aromatic amines is 2. The van der Waals surface area contributed by atoms with Gasteiger partial charge in [-0.2, -0.15) is 0 Å². The molecule has 2 atom stereocenters. The minimum atomic E-state index is -0.493. The van der Waals surface area contributed by atoms with Crippen molar-refractivity contribution >= 4 is 34.6 Å². The van der Waals surface area contributed by atoms with Gasteiger partial charge in [-0.3, -0.25) is 19.6 Å². The van der Waals surface area contributed by atoms with E-state index in [1.165, 1.54) is 26.4 Å². The Hall–Kier alpha value is -7.18. The maximum absolute atomic E-state index is 14.4. The predicted molar refractivity (Wildman–Crippen MR) is 262 cm³/mol. The Morgan fingerprint density at radius 1 is 0.600 bits per heavy atom. The lowest BCUT2D eigenvalue weighted by Crippen LogP contribution is -2.35. The lowest BCUT2D eigenvalue weighted by atomic mass is 9.91. The molecule has 70 heavy (non-hydrogen) atoms. The van der Waals surface area contributed by atoms with Gasteiger partial charge in [0.2, 0.25) is 0 Å². The summed E-state index contributed by atoms with van der Waals surface area (Å²) in [6.07, 6.45) is 12.2. The van der Waals surface area contributed by atoms with Crippen LogP contribution in [0.4, 0.5) is 31.5 Å². The first-order valence-electron chi connectivity index (χ1n) is 23.9. The number of carbonyl (C=O) groups excluding carboxylic acids is 2. The van der Waals surface area contributed by atoms with Gasteiger partial charge in [-0.25, -0.2) is 8.78 Å². The number of H-pyrrole nitrogens is 2. The van der Waals surface area contributed by atoms with Gasteiger partial charge in [-0.05, 0) is 62.1 Å². The zero-order valence-corrected chi connectivity index (χ0v) is 39.9. The molecule has 4 bridgehead atoms. The van der Waals surface area contributed by atoms with E-state index in [4.69, 9.17) is 28.4 Å². The van der Waals surface area contributed by atoms with E-state index in [9.17, 15) is 18.4 Å². The average Bonchev–Trinajstić information content (AvgIpc) is 3.95. The van der Waals surface area contributed by atoms with Gasteiger partial charge in [-0.15, -0.1) is 0 Å². The summed E-state index contributed by atoms with van der Waals surface area (Å²) in [5, 5.41) is 12.6. The molecule has 6 aromatic rings. The lowest BCUT2D eigenvalue weighted by molar-refractivity contribution is 0.0925. The molecule has 370 valence electrons. The first-order valence-corrected chi connectivity index (χ1v) is 23.9. The number of anilines is 4. The number of ether oxygens (including phenoxy) is 6. The number of pyridine rings is 2. The molecule has 0 fully saturated rings. The standard InChI is InChI=1S/2C25H27FN4O4.C2H6/c2*1-32-24-17(26)6-4-7-18(24)29-23-20-21-15(13-28-25(20)31)5-2-3-10-33-11-12-34-19-14-27-9-8-16(19)22(23)30-21;1-2/h2*4,6-9,14-15,29-30H,2-3,5,10-13H2,1H3,(H,28,31);1-2H3/t2*15-;/m10./s1. The van der Waals surface area contributed by atoms with Crippen molar-refractivity contribution in [1.82, 2.24) is 30.6 Å². The zero-order chi connectivity index (χ0) is 49.0. The molecule has 4 aliphatic rings. The molecule has 4 aromatic heterocycles. The monoisotopic (exact) mass is 962 g/mol. The number of hydrogen-bond acceptors (Lipinski definition) is 12. The summed E-state index contributed by atoms with van der Waals surface area (Å²) in [5.74, 6) is 0.152. The quantitative estimate of drug-likeness (QED) is 0.0927. The smallest absolute Gasteiger partial charge is 0.255 e. The Kier molecular flexibility index (Phi) is 16.5. The summed E-state index contributed by atoms with van der Waals surface area (Å²) in [6, 6.07) is 13.0. The summed E-state index contributed by atoms with van der Waals surface area (Å²) in [4.78, 5) is 41.7. The van der Waals surface area contributed by atoms with Crippen molar-refractivity contribution < 1.29 is 46.8 Å². The number of aromatic nitrogens is 4. The molecule has 2 aromatic carbocycles. The van der Waals surface area contributed by atoms with Crippen LogP contribution in [0.3, 0.4) is 0 Å². The Labute approximate surface area is 405 Å². The molecule has 6 N–H and O–H groups in total. The highest BCUT2D eigenvalue weighted by atomic mass is 19.1. The van der Waals surface area contributed by atoms with Gasteiger partial charge >= 0.3 is 0 Å². The van der Waals surface area contributed by atoms with E-state index in [1.807, 2.05) is 26.0 Å². The van der Waals surface area contributed by atoms with Gasteiger partial charge in [0.15, 0.2) is 23.1 Å². The number of carbonyl (C=O) groups is 2. The Morgan fingerprint density at radius 3 is 1.47 bits per heavy atom. The molecule has 0 aliphatic carbocycles.